The number of carbonyl (C=O) groups is 2. The number of likely N-dealkylation sites (tertiary alicyclic amines) is 1. The van der Waals surface area contributed by atoms with Gasteiger partial charge < -0.3 is 15.4 Å². The normalized spacial score (nSPS) is 14.5. The second-order valence-electron chi connectivity index (χ2n) is 8.09. The first kappa shape index (κ1) is 22.5. The molecule has 3 aromatic rings. The highest BCUT2D eigenvalue weighted by molar-refractivity contribution is 6.07. The van der Waals surface area contributed by atoms with Crippen LogP contribution in [0.3, 0.4) is 0 Å². The molecule has 2 aromatic carbocycles. The average molecular weight is 445 g/mol. The van der Waals surface area contributed by atoms with Gasteiger partial charge in [0.05, 0.1) is 24.2 Å². The van der Waals surface area contributed by atoms with Gasteiger partial charge in [0.2, 0.25) is 5.91 Å². The predicted molar refractivity (Wildman–Crippen MR) is 128 cm³/mol. The molecule has 4 rings (SSSR count). The van der Waals surface area contributed by atoms with Gasteiger partial charge in [0.1, 0.15) is 5.75 Å². The molecule has 170 valence electrons. The third kappa shape index (κ3) is 5.96. The smallest absolute Gasteiger partial charge is 0.255 e. The number of benzene rings is 2. The second-order valence-corrected chi connectivity index (χ2v) is 8.09. The van der Waals surface area contributed by atoms with Crippen LogP contribution in [0.5, 0.6) is 5.75 Å². The first-order valence-electron chi connectivity index (χ1n) is 11.1. The van der Waals surface area contributed by atoms with E-state index in [2.05, 4.69) is 20.5 Å². The Morgan fingerprint density at radius 2 is 1.61 bits per heavy atom. The van der Waals surface area contributed by atoms with Crippen molar-refractivity contribution >= 4 is 23.2 Å². The fourth-order valence-corrected chi connectivity index (χ4v) is 3.95. The summed E-state index contributed by atoms with van der Waals surface area (Å²) in [5.74, 6) is 0.362. The fourth-order valence-electron chi connectivity index (χ4n) is 3.95. The van der Waals surface area contributed by atoms with Gasteiger partial charge >= 0.3 is 0 Å². The van der Waals surface area contributed by atoms with Crippen molar-refractivity contribution in [2.75, 3.05) is 30.8 Å². The van der Waals surface area contributed by atoms with Crippen LogP contribution in [0, 0.1) is 5.92 Å². The molecule has 1 saturated heterocycles. The highest BCUT2D eigenvalue weighted by Gasteiger charge is 2.25. The van der Waals surface area contributed by atoms with Gasteiger partial charge in [-0.2, -0.15) is 0 Å². The minimum atomic E-state index is -0.248. The summed E-state index contributed by atoms with van der Waals surface area (Å²) < 4.78 is 5.14. The van der Waals surface area contributed by atoms with Gasteiger partial charge in [0.15, 0.2) is 0 Å². The molecule has 1 fully saturated rings. The molecule has 0 radical (unpaired) electrons. The van der Waals surface area contributed by atoms with Gasteiger partial charge in [-0.25, -0.2) is 0 Å². The standard InChI is InChI=1S/C26H28N4O3/c1-33-22-11-9-19(10-12-22)25(31)28-23-7-2-3-8-24(23)29-26(32)20-13-16-30(17-14-20)18-21-6-4-5-15-27-21/h2-12,15,20H,13-14,16-18H2,1H3,(H,28,31)(H,29,32). The Bertz CT molecular complexity index is 1080. The van der Waals surface area contributed by atoms with Gasteiger partial charge in [0, 0.05) is 24.2 Å². The van der Waals surface area contributed by atoms with Crippen LogP contribution >= 0.6 is 0 Å². The molecule has 2 heterocycles. The van der Waals surface area contributed by atoms with E-state index in [-0.39, 0.29) is 17.7 Å². The molecule has 0 bridgehead atoms. The van der Waals surface area contributed by atoms with E-state index < -0.39 is 0 Å². The Hall–Kier alpha value is -3.71. The van der Waals surface area contributed by atoms with Crippen molar-refractivity contribution < 1.29 is 14.3 Å². The molecule has 0 spiro atoms. The highest BCUT2D eigenvalue weighted by Crippen LogP contribution is 2.25. The van der Waals surface area contributed by atoms with E-state index in [0.29, 0.717) is 22.7 Å². The number of methoxy groups -OCH3 is 1. The lowest BCUT2D eigenvalue weighted by molar-refractivity contribution is -0.121. The number of anilines is 2. The van der Waals surface area contributed by atoms with Crippen molar-refractivity contribution in [2.45, 2.75) is 19.4 Å². The van der Waals surface area contributed by atoms with Crippen molar-refractivity contribution in [2.24, 2.45) is 5.92 Å². The summed E-state index contributed by atoms with van der Waals surface area (Å²) in [5, 5.41) is 5.91. The number of pyridine rings is 1. The molecule has 2 N–H and O–H groups in total. The van der Waals surface area contributed by atoms with Gasteiger partial charge in [-0.1, -0.05) is 18.2 Å². The van der Waals surface area contributed by atoms with E-state index >= 15 is 0 Å². The number of piperidine rings is 1. The maximum absolute atomic E-state index is 12.9. The molecule has 0 atom stereocenters. The first-order chi connectivity index (χ1) is 16.1. The van der Waals surface area contributed by atoms with Crippen molar-refractivity contribution in [1.29, 1.82) is 0 Å². The lowest BCUT2D eigenvalue weighted by atomic mass is 9.95. The zero-order chi connectivity index (χ0) is 23.0. The molecule has 0 saturated carbocycles. The third-order valence-electron chi connectivity index (χ3n) is 5.86. The Balaban J connectivity index is 1.33. The largest absolute Gasteiger partial charge is 0.497 e. The summed E-state index contributed by atoms with van der Waals surface area (Å²) in [7, 11) is 1.58. The van der Waals surface area contributed by atoms with Gasteiger partial charge in [-0.3, -0.25) is 19.5 Å². The number of nitrogens with zero attached hydrogens (tertiary/aromatic N) is 2. The minimum absolute atomic E-state index is 0.0152. The van der Waals surface area contributed by atoms with Gasteiger partial charge in [-0.15, -0.1) is 0 Å². The Morgan fingerprint density at radius 3 is 2.24 bits per heavy atom. The van der Waals surface area contributed by atoms with E-state index in [9.17, 15) is 9.59 Å². The summed E-state index contributed by atoms with van der Waals surface area (Å²) in [6.45, 7) is 2.50. The maximum Gasteiger partial charge on any atom is 0.255 e. The second kappa shape index (κ2) is 10.7. The fraction of sp³-hybridized carbons (Fsp3) is 0.269. The highest BCUT2D eigenvalue weighted by atomic mass is 16.5. The number of amides is 2. The van der Waals surface area contributed by atoms with Crippen LogP contribution in [-0.2, 0) is 11.3 Å². The van der Waals surface area contributed by atoms with Crippen molar-refractivity contribution in [3.05, 3.63) is 84.2 Å². The van der Waals surface area contributed by atoms with Crippen LogP contribution in [0.25, 0.3) is 0 Å². The Labute approximate surface area is 193 Å². The number of para-hydroxylation sites is 2. The molecule has 7 nitrogen and oxygen atoms in total. The molecule has 0 unspecified atom stereocenters. The minimum Gasteiger partial charge on any atom is -0.497 e. The molecule has 33 heavy (non-hydrogen) atoms. The van der Waals surface area contributed by atoms with E-state index in [1.807, 2.05) is 30.3 Å². The zero-order valence-corrected chi connectivity index (χ0v) is 18.7. The van der Waals surface area contributed by atoms with Crippen LogP contribution in [0.2, 0.25) is 0 Å². The lowest BCUT2D eigenvalue weighted by Crippen LogP contribution is -2.38. The SMILES string of the molecule is COc1ccc(C(=O)Nc2ccccc2NC(=O)C2CCN(Cc3ccccn3)CC2)cc1. The first-order valence-corrected chi connectivity index (χ1v) is 11.1. The van der Waals surface area contributed by atoms with Crippen LogP contribution in [0.1, 0.15) is 28.9 Å². The molecular weight excluding hydrogens is 416 g/mol. The number of carbonyl (C=O) groups excluding carboxylic acids is 2. The average Bonchev–Trinajstić information content (AvgIpc) is 2.86. The molecule has 2 amide bonds. The number of ether oxygens (including phenoxy) is 1. The zero-order valence-electron chi connectivity index (χ0n) is 18.7. The number of rotatable bonds is 7. The van der Waals surface area contributed by atoms with Crippen LogP contribution in [0.4, 0.5) is 11.4 Å². The monoisotopic (exact) mass is 444 g/mol. The molecule has 1 aliphatic heterocycles. The topological polar surface area (TPSA) is 83.6 Å². The van der Waals surface area contributed by atoms with E-state index in [1.165, 1.54) is 0 Å². The summed E-state index contributed by atoms with van der Waals surface area (Å²) in [6.07, 6.45) is 3.39. The van der Waals surface area contributed by atoms with Gasteiger partial charge in [-0.05, 0) is 74.5 Å². The maximum atomic E-state index is 12.9. The van der Waals surface area contributed by atoms with Gasteiger partial charge in [0.25, 0.3) is 5.91 Å². The summed E-state index contributed by atoms with van der Waals surface area (Å²) in [5.41, 5.74) is 2.72. The van der Waals surface area contributed by atoms with E-state index in [0.717, 1.165) is 38.2 Å². The Morgan fingerprint density at radius 1 is 0.939 bits per heavy atom. The number of hydrogen-bond acceptors (Lipinski definition) is 5. The third-order valence-corrected chi connectivity index (χ3v) is 5.86. The quantitative estimate of drug-likeness (QED) is 0.571. The number of aromatic nitrogens is 1. The van der Waals surface area contributed by atoms with Crippen molar-refractivity contribution in [3.8, 4) is 5.75 Å². The summed E-state index contributed by atoms with van der Waals surface area (Å²) >= 11 is 0. The van der Waals surface area contributed by atoms with Crippen LogP contribution in [-0.4, -0.2) is 41.9 Å². The summed E-state index contributed by atoms with van der Waals surface area (Å²) in [6, 6.07) is 20.1. The van der Waals surface area contributed by atoms with Crippen molar-refractivity contribution in [3.63, 3.8) is 0 Å². The number of hydrogen-bond donors (Lipinski definition) is 2. The number of nitrogens with one attached hydrogen (secondary N) is 2. The van der Waals surface area contributed by atoms with Crippen LogP contribution < -0.4 is 15.4 Å². The molecule has 1 aliphatic rings. The molecule has 1 aromatic heterocycles. The van der Waals surface area contributed by atoms with Crippen LogP contribution in [0.15, 0.2) is 72.9 Å². The molecule has 0 aliphatic carbocycles. The van der Waals surface area contributed by atoms with E-state index in [4.69, 9.17) is 4.74 Å². The Kier molecular flexibility index (Phi) is 7.32. The van der Waals surface area contributed by atoms with Crippen molar-refractivity contribution in [1.82, 2.24) is 9.88 Å². The lowest BCUT2D eigenvalue weighted by Gasteiger charge is -2.31. The molecular formula is C26H28N4O3. The van der Waals surface area contributed by atoms with E-state index in [1.54, 1.807) is 49.7 Å². The molecule has 7 heteroatoms. The predicted octanol–water partition coefficient (Wildman–Crippen LogP) is 4.19. The summed E-state index contributed by atoms with van der Waals surface area (Å²) in [4.78, 5) is 32.3.